The molecule has 4 amide bonds. The van der Waals surface area contributed by atoms with Gasteiger partial charge in [0.25, 0.3) is 0 Å². The zero-order valence-electron chi connectivity index (χ0n) is 14.7. The lowest BCUT2D eigenvalue weighted by Crippen LogP contribution is -2.36. The highest BCUT2D eigenvalue weighted by Gasteiger charge is 2.42. The van der Waals surface area contributed by atoms with E-state index in [9.17, 15) is 14.4 Å². The number of benzene rings is 1. The number of anilines is 2. The van der Waals surface area contributed by atoms with Gasteiger partial charge in [-0.3, -0.25) is 9.59 Å². The van der Waals surface area contributed by atoms with Gasteiger partial charge in [-0.1, -0.05) is 6.42 Å². The minimum absolute atomic E-state index is 0.00920. The summed E-state index contributed by atoms with van der Waals surface area (Å²) in [5.74, 6) is 0.829. The SMILES string of the molecule is CC(=O)Nc1ccc(NC(=O)CCCC[C@@H]2SC[C@H]3NC(=O)N[C@@H]23)cc1. The topological polar surface area (TPSA) is 99.3 Å². The fourth-order valence-electron chi connectivity index (χ4n) is 3.34. The first-order chi connectivity index (χ1) is 12.5. The summed E-state index contributed by atoms with van der Waals surface area (Å²) in [6, 6.07) is 7.48. The Morgan fingerprint density at radius 3 is 2.50 bits per heavy atom. The summed E-state index contributed by atoms with van der Waals surface area (Å²) in [6.07, 6.45) is 3.27. The monoisotopic (exact) mass is 376 g/mol. The molecule has 0 unspecified atom stereocenters. The summed E-state index contributed by atoms with van der Waals surface area (Å²) < 4.78 is 0. The molecular formula is C18H24N4O3S. The lowest BCUT2D eigenvalue weighted by Gasteiger charge is -2.16. The zero-order chi connectivity index (χ0) is 18.5. The minimum Gasteiger partial charge on any atom is -0.332 e. The Morgan fingerprint density at radius 2 is 1.81 bits per heavy atom. The maximum absolute atomic E-state index is 12.0. The summed E-state index contributed by atoms with van der Waals surface area (Å²) in [5, 5.41) is 11.9. The third kappa shape index (κ3) is 4.91. The zero-order valence-corrected chi connectivity index (χ0v) is 15.5. The van der Waals surface area contributed by atoms with Crippen LogP contribution in [0, 0.1) is 0 Å². The number of thioether (sulfide) groups is 1. The third-order valence-corrected chi connectivity index (χ3v) is 6.08. The number of hydrogen-bond acceptors (Lipinski definition) is 4. The first-order valence-electron chi connectivity index (χ1n) is 8.87. The summed E-state index contributed by atoms with van der Waals surface area (Å²) in [7, 11) is 0. The van der Waals surface area contributed by atoms with Crippen molar-refractivity contribution in [2.45, 2.75) is 49.9 Å². The van der Waals surface area contributed by atoms with E-state index >= 15 is 0 Å². The van der Waals surface area contributed by atoms with E-state index in [1.54, 1.807) is 24.3 Å². The van der Waals surface area contributed by atoms with Crippen LogP contribution in [0.4, 0.5) is 16.2 Å². The molecule has 3 atom stereocenters. The quantitative estimate of drug-likeness (QED) is 0.433. The van der Waals surface area contributed by atoms with Gasteiger partial charge in [-0.15, -0.1) is 0 Å². The van der Waals surface area contributed by atoms with Gasteiger partial charge in [0.2, 0.25) is 11.8 Å². The lowest BCUT2D eigenvalue weighted by molar-refractivity contribution is -0.116. The van der Waals surface area contributed by atoms with Gasteiger partial charge in [0, 0.05) is 35.7 Å². The van der Waals surface area contributed by atoms with Gasteiger partial charge in [-0.25, -0.2) is 4.79 Å². The summed E-state index contributed by atoms with van der Waals surface area (Å²) in [6.45, 7) is 1.46. The highest BCUT2D eigenvalue weighted by atomic mass is 32.2. The van der Waals surface area contributed by atoms with E-state index in [4.69, 9.17) is 0 Å². The minimum atomic E-state index is -0.124. The van der Waals surface area contributed by atoms with Crippen LogP contribution in [0.15, 0.2) is 24.3 Å². The van der Waals surface area contributed by atoms with Crippen molar-refractivity contribution in [2.75, 3.05) is 16.4 Å². The van der Waals surface area contributed by atoms with E-state index in [1.165, 1.54) is 6.92 Å². The molecule has 26 heavy (non-hydrogen) atoms. The van der Waals surface area contributed by atoms with Crippen LogP contribution in [0.2, 0.25) is 0 Å². The molecule has 2 fully saturated rings. The molecule has 2 aliphatic rings. The van der Waals surface area contributed by atoms with E-state index in [-0.39, 0.29) is 29.9 Å². The fourth-order valence-corrected chi connectivity index (χ4v) is 4.88. The number of rotatable bonds is 7. The van der Waals surface area contributed by atoms with Crippen molar-refractivity contribution in [3.05, 3.63) is 24.3 Å². The van der Waals surface area contributed by atoms with E-state index in [1.807, 2.05) is 11.8 Å². The highest BCUT2D eigenvalue weighted by molar-refractivity contribution is 8.00. The predicted molar refractivity (Wildman–Crippen MR) is 103 cm³/mol. The summed E-state index contributed by atoms with van der Waals surface area (Å²) >= 11 is 1.90. The maximum Gasteiger partial charge on any atom is 0.315 e. The average Bonchev–Trinajstić information content (AvgIpc) is 3.12. The smallest absolute Gasteiger partial charge is 0.315 e. The molecule has 140 valence electrons. The lowest BCUT2D eigenvalue weighted by atomic mass is 10.0. The second-order valence-electron chi connectivity index (χ2n) is 6.67. The molecule has 0 saturated carbocycles. The molecule has 8 heteroatoms. The van der Waals surface area contributed by atoms with Crippen LogP contribution in [0.5, 0.6) is 0 Å². The molecule has 0 radical (unpaired) electrons. The van der Waals surface area contributed by atoms with Gasteiger partial charge >= 0.3 is 6.03 Å². The molecule has 1 aromatic carbocycles. The van der Waals surface area contributed by atoms with Crippen molar-refractivity contribution in [3.8, 4) is 0 Å². The first-order valence-corrected chi connectivity index (χ1v) is 9.92. The number of carbonyl (C=O) groups is 3. The maximum atomic E-state index is 12.0. The van der Waals surface area contributed by atoms with E-state index < -0.39 is 0 Å². The number of hydrogen-bond donors (Lipinski definition) is 4. The number of amides is 4. The van der Waals surface area contributed by atoms with Crippen molar-refractivity contribution >= 4 is 41.0 Å². The number of urea groups is 1. The molecule has 0 aromatic heterocycles. The standard InChI is InChI=1S/C18H24N4O3S/c1-11(23)19-12-6-8-13(9-7-12)20-16(24)5-3-2-4-15-17-14(10-26-15)21-18(25)22-17/h6-9,14-15,17H,2-5,10H2,1H3,(H,19,23)(H,20,24)(H2,21,22,25)/t14-,15+,17-/m1/s1. The van der Waals surface area contributed by atoms with Crippen LogP contribution < -0.4 is 21.3 Å². The largest absolute Gasteiger partial charge is 0.332 e. The Balaban J connectivity index is 1.34. The Labute approximate surface area is 157 Å². The number of nitrogens with one attached hydrogen (secondary N) is 4. The van der Waals surface area contributed by atoms with Crippen molar-refractivity contribution in [1.82, 2.24) is 10.6 Å². The highest BCUT2D eigenvalue weighted by Crippen LogP contribution is 2.33. The van der Waals surface area contributed by atoms with Gasteiger partial charge in [-0.05, 0) is 37.1 Å². The second kappa shape index (κ2) is 8.44. The molecule has 2 saturated heterocycles. The third-order valence-electron chi connectivity index (χ3n) is 4.57. The molecule has 7 nitrogen and oxygen atoms in total. The molecule has 3 rings (SSSR count). The fraction of sp³-hybridized carbons (Fsp3) is 0.500. The van der Waals surface area contributed by atoms with Crippen molar-refractivity contribution < 1.29 is 14.4 Å². The van der Waals surface area contributed by atoms with E-state index in [0.29, 0.717) is 17.4 Å². The van der Waals surface area contributed by atoms with Crippen LogP contribution in [0.1, 0.15) is 32.6 Å². The van der Waals surface area contributed by atoms with Crippen molar-refractivity contribution in [1.29, 1.82) is 0 Å². The summed E-state index contributed by atoms with van der Waals surface area (Å²) in [5.41, 5.74) is 1.43. The van der Waals surface area contributed by atoms with E-state index in [2.05, 4.69) is 21.3 Å². The van der Waals surface area contributed by atoms with Crippen molar-refractivity contribution in [3.63, 3.8) is 0 Å². The molecule has 2 aliphatic heterocycles. The van der Waals surface area contributed by atoms with Crippen LogP contribution in [-0.2, 0) is 9.59 Å². The number of unbranched alkanes of at least 4 members (excludes halogenated alkanes) is 1. The van der Waals surface area contributed by atoms with E-state index in [0.717, 1.165) is 30.7 Å². The second-order valence-corrected chi connectivity index (χ2v) is 7.95. The molecule has 0 aliphatic carbocycles. The van der Waals surface area contributed by atoms with Crippen molar-refractivity contribution in [2.24, 2.45) is 0 Å². The van der Waals surface area contributed by atoms with Gasteiger partial charge < -0.3 is 21.3 Å². The average molecular weight is 376 g/mol. The van der Waals surface area contributed by atoms with Gasteiger partial charge in [-0.2, -0.15) is 11.8 Å². The summed E-state index contributed by atoms with van der Waals surface area (Å²) in [4.78, 5) is 34.4. The molecule has 2 heterocycles. The molecule has 0 bridgehead atoms. The Hall–Kier alpha value is -2.22. The Morgan fingerprint density at radius 1 is 1.12 bits per heavy atom. The van der Waals surface area contributed by atoms with Gasteiger partial charge in [0.05, 0.1) is 12.1 Å². The van der Waals surface area contributed by atoms with Crippen LogP contribution >= 0.6 is 11.8 Å². The molecule has 1 aromatic rings. The van der Waals surface area contributed by atoms with Crippen LogP contribution in [-0.4, -0.2) is 40.9 Å². The number of carbonyl (C=O) groups excluding carboxylic acids is 3. The van der Waals surface area contributed by atoms with Crippen LogP contribution in [0.25, 0.3) is 0 Å². The Kier molecular flexibility index (Phi) is 6.03. The predicted octanol–water partition coefficient (Wildman–Crippen LogP) is 2.31. The van der Waals surface area contributed by atoms with Gasteiger partial charge in [0.1, 0.15) is 0 Å². The Bertz CT molecular complexity index is 680. The normalized spacial score (nSPS) is 23.7. The number of fused-ring (bicyclic) bond motifs is 1. The van der Waals surface area contributed by atoms with Gasteiger partial charge in [0.15, 0.2) is 0 Å². The first kappa shape index (κ1) is 18.6. The van der Waals surface area contributed by atoms with Crippen LogP contribution in [0.3, 0.4) is 0 Å². The molecular weight excluding hydrogens is 352 g/mol. The molecule has 4 N–H and O–H groups in total. The molecule has 0 spiro atoms.